The van der Waals surface area contributed by atoms with Crippen molar-refractivity contribution in [1.29, 1.82) is 0 Å². The summed E-state index contributed by atoms with van der Waals surface area (Å²) in [4.78, 5) is 21.8. The van der Waals surface area contributed by atoms with E-state index in [0.717, 1.165) is 12.8 Å². The van der Waals surface area contributed by atoms with Crippen LogP contribution in [0.25, 0.3) is 0 Å². The first-order chi connectivity index (χ1) is 5.72. The standard InChI is InChI=1S/C9H15NO2/c1-2-9(12)10-7-3-5-8(11)6-4-7/h7H,2-6H2,1H3,(H,10,12). The molecular formula is C9H15NO2. The molecule has 1 aliphatic rings. The lowest BCUT2D eigenvalue weighted by Crippen LogP contribution is -2.37. The van der Waals surface area contributed by atoms with Crippen molar-refractivity contribution in [2.45, 2.75) is 45.1 Å². The fraction of sp³-hybridized carbons (Fsp3) is 0.778. The topological polar surface area (TPSA) is 46.2 Å². The number of hydrogen-bond acceptors (Lipinski definition) is 2. The second-order valence-electron chi connectivity index (χ2n) is 3.23. The predicted octanol–water partition coefficient (Wildman–Crippen LogP) is 1.02. The van der Waals surface area contributed by atoms with Gasteiger partial charge in [0.2, 0.25) is 5.91 Å². The molecule has 0 aromatic carbocycles. The Morgan fingerprint density at radius 1 is 1.50 bits per heavy atom. The molecule has 1 rings (SSSR count). The monoisotopic (exact) mass is 169 g/mol. The summed E-state index contributed by atoms with van der Waals surface area (Å²) in [5, 5.41) is 2.90. The number of hydrogen-bond donors (Lipinski definition) is 1. The third kappa shape index (κ3) is 2.64. The molecule has 0 aromatic heterocycles. The Labute approximate surface area is 72.5 Å². The Kier molecular flexibility index (Phi) is 3.26. The van der Waals surface area contributed by atoms with Crippen molar-refractivity contribution >= 4 is 11.7 Å². The van der Waals surface area contributed by atoms with Crippen molar-refractivity contribution in [2.24, 2.45) is 0 Å². The number of ketones is 1. The highest BCUT2D eigenvalue weighted by molar-refractivity contribution is 5.80. The van der Waals surface area contributed by atoms with E-state index in [1.807, 2.05) is 6.92 Å². The maximum atomic E-state index is 11.0. The van der Waals surface area contributed by atoms with Crippen LogP contribution in [-0.4, -0.2) is 17.7 Å². The minimum absolute atomic E-state index is 0.0920. The minimum atomic E-state index is 0.0920. The molecular weight excluding hydrogens is 154 g/mol. The van der Waals surface area contributed by atoms with E-state index in [0.29, 0.717) is 25.0 Å². The van der Waals surface area contributed by atoms with Gasteiger partial charge in [0.05, 0.1) is 0 Å². The van der Waals surface area contributed by atoms with Gasteiger partial charge in [-0.15, -0.1) is 0 Å². The molecule has 0 heterocycles. The largest absolute Gasteiger partial charge is 0.353 e. The molecule has 3 nitrogen and oxygen atoms in total. The average molecular weight is 169 g/mol. The second-order valence-corrected chi connectivity index (χ2v) is 3.23. The summed E-state index contributed by atoms with van der Waals surface area (Å²) in [7, 11) is 0. The summed E-state index contributed by atoms with van der Waals surface area (Å²) in [6.45, 7) is 1.84. The number of amides is 1. The quantitative estimate of drug-likeness (QED) is 0.671. The van der Waals surface area contributed by atoms with Crippen LogP contribution in [0.3, 0.4) is 0 Å². The van der Waals surface area contributed by atoms with E-state index in [-0.39, 0.29) is 11.9 Å². The first kappa shape index (κ1) is 9.23. The molecule has 1 fully saturated rings. The lowest BCUT2D eigenvalue weighted by Gasteiger charge is -2.21. The molecule has 12 heavy (non-hydrogen) atoms. The van der Waals surface area contributed by atoms with Crippen LogP contribution in [0, 0.1) is 0 Å². The first-order valence-corrected chi connectivity index (χ1v) is 4.53. The molecule has 1 saturated carbocycles. The number of carbonyl (C=O) groups is 2. The molecule has 0 atom stereocenters. The van der Waals surface area contributed by atoms with Gasteiger partial charge >= 0.3 is 0 Å². The van der Waals surface area contributed by atoms with Crippen molar-refractivity contribution in [1.82, 2.24) is 5.32 Å². The molecule has 0 saturated heterocycles. The van der Waals surface area contributed by atoms with Gasteiger partial charge in [-0.3, -0.25) is 9.59 Å². The van der Waals surface area contributed by atoms with Crippen molar-refractivity contribution in [3.8, 4) is 0 Å². The zero-order chi connectivity index (χ0) is 8.97. The lowest BCUT2D eigenvalue weighted by atomic mass is 9.94. The lowest BCUT2D eigenvalue weighted by molar-refractivity contribution is -0.124. The molecule has 0 radical (unpaired) electrons. The molecule has 68 valence electrons. The van der Waals surface area contributed by atoms with Gasteiger partial charge in [0.15, 0.2) is 0 Å². The van der Waals surface area contributed by atoms with Crippen LogP contribution in [0.15, 0.2) is 0 Å². The Balaban J connectivity index is 2.26. The Bertz CT molecular complexity index is 179. The minimum Gasteiger partial charge on any atom is -0.353 e. The van der Waals surface area contributed by atoms with Crippen molar-refractivity contribution in [2.75, 3.05) is 0 Å². The number of Topliss-reactive ketones (excluding diaryl/α,β-unsaturated/α-hetero) is 1. The van der Waals surface area contributed by atoms with E-state index < -0.39 is 0 Å². The second kappa shape index (κ2) is 4.24. The van der Waals surface area contributed by atoms with Gasteiger partial charge in [0.25, 0.3) is 0 Å². The summed E-state index contributed by atoms with van der Waals surface area (Å²) >= 11 is 0. The SMILES string of the molecule is CCC(=O)NC1CCC(=O)CC1. The van der Waals surface area contributed by atoms with E-state index in [2.05, 4.69) is 5.32 Å². The molecule has 0 unspecified atom stereocenters. The number of carbonyl (C=O) groups excluding carboxylic acids is 2. The van der Waals surface area contributed by atoms with Gasteiger partial charge in [0, 0.05) is 25.3 Å². The highest BCUT2D eigenvalue weighted by atomic mass is 16.1. The summed E-state index contributed by atoms with van der Waals surface area (Å²) in [6, 6.07) is 0.246. The van der Waals surface area contributed by atoms with Crippen LogP contribution in [0.2, 0.25) is 0 Å². The summed E-state index contributed by atoms with van der Waals surface area (Å²) in [6.07, 6.45) is 3.45. The van der Waals surface area contributed by atoms with E-state index in [1.165, 1.54) is 0 Å². The smallest absolute Gasteiger partial charge is 0.219 e. The molecule has 0 aromatic rings. The fourth-order valence-corrected chi connectivity index (χ4v) is 1.41. The molecule has 1 N–H and O–H groups in total. The van der Waals surface area contributed by atoms with Crippen molar-refractivity contribution in [3.63, 3.8) is 0 Å². The Morgan fingerprint density at radius 2 is 2.08 bits per heavy atom. The summed E-state index contributed by atoms with van der Waals surface area (Å²) < 4.78 is 0. The summed E-state index contributed by atoms with van der Waals surface area (Å²) in [5.74, 6) is 0.423. The molecule has 1 amide bonds. The predicted molar refractivity (Wildman–Crippen MR) is 45.7 cm³/mol. The number of nitrogens with one attached hydrogen (secondary N) is 1. The van der Waals surface area contributed by atoms with Crippen molar-refractivity contribution in [3.05, 3.63) is 0 Å². The van der Waals surface area contributed by atoms with Crippen LogP contribution < -0.4 is 5.32 Å². The summed E-state index contributed by atoms with van der Waals surface area (Å²) in [5.41, 5.74) is 0. The molecule has 0 aliphatic heterocycles. The van der Waals surface area contributed by atoms with Crippen LogP contribution >= 0.6 is 0 Å². The third-order valence-electron chi connectivity index (χ3n) is 2.23. The fourth-order valence-electron chi connectivity index (χ4n) is 1.41. The molecule has 0 bridgehead atoms. The maximum absolute atomic E-state index is 11.0. The zero-order valence-electron chi connectivity index (χ0n) is 7.43. The first-order valence-electron chi connectivity index (χ1n) is 4.53. The maximum Gasteiger partial charge on any atom is 0.219 e. The Morgan fingerprint density at radius 3 is 2.58 bits per heavy atom. The van der Waals surface area contributed by atoms with E-state index >= 15 is 0 Å². The van der Waals surface area contributed by atoms with E-state index in [4.69, 9.17) is 0 Å². The highest BCUT2D eigenvalue weighted by Gasteiger charge is 2.19. The molecule has 3 heteroatoms. The van der Waals surface area contributed by atoms with Gasteiger partial charge in [-0.2, -0.15) is 0 Å². The van der Waals surface area contributed by atoms with Gasteiger partial charge < -0.3 is 5.32 Å². The zero-order valence-corrected chi connectivity index (χ0v) is 7.43. The number of rotatable bonds is 2. The normalized spacial score (nSPS) is 19.2. The van der Waals surface area contributed by atoms with Crippen LogP contribution in [-0.2, 0) is 9.59 Å². The van der Waals surface area contributed by atoms with Crippen LogP contribution in [0.5, 0.6) is 0 Å². The van der Waals surface area contributed by atoms with Crippen LogP contribution in [0.4, 0.5) is 0 Å². The van der Waals surface area contributed by atoms with Gasteiger partial charge in [-0.1, -0.05) is 6.92 Å². The van der Waals surface area contributed by atoms with Gasteiger partial charge in [-0.05, 0) is 12.8 Å². The van der Waals surface area contributed by atoms with E-state index in [9.17, 15) is 9.59 Å². The highest BCUT2D eigenvalue weighted by Crippen LogP contribution is 2.14. The van der Waals surface area contributed by atoms with Crippen LogP contribution in [0.1, 0.15) is 39.0 Å². The Hall–Kier alpha value is -0.860. The van der Waals surface area contributed by atoms with Crippen molar-refractivity contribution < 1.29 is 9.59 Å². The third-order valence-corrected chi connectivity index (χ3v) is 2.23. The van der Waals surface area contributed by atoms with E-state index in [1.54, 1.807) is 0 Å². The molecule has 0 spiro atoms. The molecule has 1 aliphatic carbocycles. The average Bonchev–Trinajstić information content (AvgIpc) is 2.09. The van der Waals surface area contributed by atoms with Gasteiger partial charge in [0.1, 0.15) is 5.78 Å². The van der Waals surface area contributed by atoms with Gasteiger partial charge in [-0.25, -0.2) is 0 Å².